The zero-order valence-electron chi connectivity index (χ0n) is 41.9. The molecule has 5 aliphatic heterocycles. The lowest BCUT2D eigenvalue weighted by Gasteiger charge is -2.36. The number of hydrazine groups is 1. The van der Waals surface area contributed by atoms with Crippen molar-refractivity contribution >= 4 is 40.5 Å². The number of fused-ring (bicyclic) bond motifs is 7. The lowest BCUT2D eigenvalue weighted by Crippen LogP contribution is -2.59. The van der Waals surface area contributed by atoms with Crippen molar-refractivity contribution in [3.8, 4) is 22.4 Å². The van der Waals surface area contributed by atoms with E-state index < -0.39 is 35.3 Å². The number of hydrogen-bond acceptors (Lipinski definition) is 9. The van der Waals surface area contributed by atoms with Gasteiger partial charge in [0.2, 0.25) is 23.8 Å². The number of carbonyl (C=O) groups excluding carboxylic acids is 5. The molecule has 1 N–H and O–H groups in total. The van der Waals surface area contributed by atoms with Gasteiger partial charge in [0.15, 0.2) is 6.04 Å². The van der Waals surface area contributed by atoms with E-state index in [0.29, 0.717) is 45.3 Å². The van der Waals surface area contributed by atoms with Gasteiger partial charge in [-0.2, -0.15) is 0 Å². The fourth-order valence-electron chi connectivity index (χ4n) is 12.1. The van der Waals surface area contributed by atoms with Gasteiger partial charge in [0.05, 0.1) is 30.0 Å². The SMILES string of the molecule is C=CC(=O)N1C[C@H](C(=O)N(C)[C@H](C(=O)[N+]23CC2C3C2Cc3cccc(c3)-c3ccc4c(c3)c(c(-c3cccnc3[C@H](C)OC)n4CC)CC(C)(C)COC(=O)[C@@H]3CCCN(N3)C2=O)C(C)C)[C@@H](C)C1. The lowest BCUT2D eigenvalue weighted by atomic mass is 9.84. The van der Waals surface area contributed by atoms with E-state index in [0.717, 1.165) is 56.7 Å². The number of amides is 4. The highest BCUT2D eigenvalue weighted by Crippen LogP contribution is 2.61. The van der Waals surface area contributed by atoms with E-state index >= 15 is 9.59 Å². The molecular weight excluding hydrogens is 871 g/mol. The van der Waals surface area contributed by atoms with Crippen molar-refractivity contribution in [3.63, 3.8) is 0 Å². The molecule has 14 nitrogen and oxygen atoms in total. The number of carbonyl (C=O) groups is 5. The summed E-state index contributed by atoms with van der Waals surface area (Å²) < 4.78 is 14.6. The summed E-state index contributed by atoms with van der Waals surface area (Å²) in [6.45, 7) is 20.6. The van der Waals surface area contributed by atoms with Crippen LogP contribution in [0.3, 0.4) is 0 Å². The number of rotatable bonds is 10. The molecule has 0 spiro atoms. The molecule has 4 saturated heterocycles. The molecule has 4 unspecified atom stereocenters. The zero-order valence-corrected chi connectivity index (χ0v) is 41.9. The molecule has 9 atom stereocenters. The minimum Gasteiger partial charge on any atom is -0.464 e. The van der Waals surface area contributed by atoms with E-state index in [1.807, 2.05) is 46.0 Å². The second kappa shape index (κ2) is 18.6. The quantitative estimate of drug-likeness (QED) is 0.0791. The summed E-state index contributed by atoms with van der Waals surface area (Å²) in [4.78, 5) is 79.1. The molecule has 69 heavy (non-hydrogen) atoms. The van der Waals surface area contributed by atoms with Gasteiger partial charge in [0.25, 0.3) is 0 Å². The molecule has 9 rings (SSSR count). The minimum atomic E-state index is -0.714. The monoisotopic (exact) mass is 941 g/mol. The van der Waals surface area contributed by atoms with Crippen LogP contribution in [0.5, 0.6) is 0 Å². The predicted octanol–water partition coefficient (Wildman–Crippen LogP) is 6.75. The second-order valence-corrected chi connectivity index (χ2v) is 21.6. The van der Waals surface area contributed by atoms with Crippen LogP contribution in [0.2, 0.25) is 0 Å². The number of quaternary nitrogens is 1. The normalized spacial score (nSPS) is 27.3. The summed E-state index contributed by atoms with van der Waals surface area (Å²) in [6, 6.07) is 17.4. The number of benzene rings is 2. The molecule has 6 bridgehead atoms. The van der Waals surface area contributed by atoms with Crippen LogP contribution in [0.1, 0.15) is 84.2 Å². The predicted molar refractivity (Wildman–Crippen MR) is 264 cm³/mol. The standard InChI is InChI=1S/C55H70N7O7/c1-11-46(63)59-28-33(5)42(29-59)51(64)58(9)48(32(3)4)53(66)62-30-45(62)50(62)40-25-35-16-13-17-36(24-35)37-20-21-44-39(26-37)41(49(60(44)12-2)38-18-14-22-56-47(38)34(6)68-10)27-55(7,8)31-69-54(67)43-19-15-23-61(57-43)52(40)65/h11,13-14,16-18,20-22,24,26,32-34,40,42-43,45,48,50,57H,1,12,15,19,23,25,27-31H2,2-10H3/q+1/t33-,34-,40?,42-,43-,45?,48-,50?,62?/m0/s1. The Morgan fingerprint density at radius 1 is 1.07 bits per heavy atom. The van der Waals surface area contributed by atoms with Crippen molar-refractivity contribution < 1.29 is 37.9 Å². The smallest absolute Gasteiger partial charge is 0.337 e. The molecular formula is C55H70N7O7+. The summed E-state index contributed by atoms with van der Waals surface area (Å²) in [7, 11) is 3.42. The van der Waals surface area contributed by atoms with Crippen LogP contribution in [0.15, 0.2) is 73.4 Å². The van der Waals surface area contributed by atoms with Crippen molar-refractivity contribution in [1.82, 2.24) is 29.8 Å². The van der Waals surface area contributed by atoms with Crippen LogP contribution >= 0.6 is 0 Å². The van der Waals surface area contributed by atoms with Gasteiger partial charge in [0, 0.05) is 68.4 Å². The summed E-state index contributed by atoms with van der Waals surface area (Å²) in [5.41, 5.74) is 11.0. The van der Waals surface area contributed by atoms with Gasteiger partial charge in [0.1, 0.15) is 24.5 Å². The first kappa shape index (κ1) is 48.3. The average Bonchev–Trinajstić information content (AvgIpc) is 4.16. The van der Waals surface area contributed by atoms with E-state index in [9.17, 15) is 14.4 Å². The van der Waals surface area contributed by atoms with Crippen molar-refractivity contribution in [3.05, 3.63) is 90.3 Å². The fraction of sp³-hybridized carbons (Fsp3) is 0.527. The van der Waals surface area contributed by atoms with Crippen LogP contribution in [-0.2, 0) is 52.8 Å². The molecule has 0 radical (unpaired) electrons. The van der Waals surface area contributed by atoms with E-state index in [1.165, 1.54) is 6.08 Å². The number of ether oxygens (including phenoxy) is 2. The van der Waals surface area contributed by atoms with Gasteiger partial charge >= 0.3 is 11.9 Å². The number of aryl methyl sites for hydroxylation is 1. The molecule has 0 saturated carbocycles. The lowest BCUT2D eigenvalue weighted by molar-refractivity contribution is -0.643. The fourth-order valence-corrected chi connectivity index (χ4v) is 12.1. The van der Waals surface area contributed by atoms with Crippen molar-refractivity contribution in [2.75, 3.05) is 46.9 Å². The van der Waals surface area contributed by atoms with Crippen LogP contribution < -0.4 is 5.43 Å². The number of nitrogens with one attached hydrogen (secondary N) is 1. The van der Waals surface area contributed by atoms with E-state index in [4.69, 9.17) is 14.5 Å². The molecule has 5 aliphatic rings. The Balaban J connectivity index is 1.09. The topological polar surface area (TPSA) is 143 Å². The number of aromatic nitrogens is 2. The number of nitrogens with zero attached hydrogens (tertiary/aromatic N) is 6. The summed E-state index contributed by atoms with van der Waals surface area (Å²) in [5, 5.41) is 2.72. The van der Waals surface area contributed by atoms with Gasteiger partial charge < -0.3 is 23.8 Å². The maximum Gasteiger partial charge on any atom is 0.337 e. The molecule has 14 heteroatoms. The maximum atomic E-state index is 15.1. The molecule has 4 aromatic rings. The van der Waals surface area contributed by atoms with Crippen molar-refractivity contribution in [1.29, 1.82) is 0 Å². The second-order valence-electron chi connectivity index (χ2n) is 21.6. The number of cyclic esters (lactones) is 1. The first-order valence-corrected chi connectivity index (χ1v) is 25.0. The maximum absolute atomic E-state index is 15.1. The third kappa shape index (κ3) is 8.60. The summed E-state index contributed by atoms with van der Waals surface area (Å²) in [6.07, 6.45) is 4.98. The Hall–Kier alpha value is -5.70. The van der Waals surface area contributed by atoms with Crippen LogP contribution in [0.4, 0.5) is 0 Å². The number of likely N-dealkylation sites (N-methyl/N-ethyl adjacent to an activating group) is 1. The third-order valence-electron chi connectivity index (χ3n) is 16.0. The van der Waals surface area contributed by atoms with E-state index in [2.05, 4.69) is 79.8 Å². The van der Waals surface area contributed by atoms with Crippen molar-refractivity contribution in [2.45, 2.75) is 111 Å². The summed E-state index contributed by atoms with van der Waals surface area (Å²) >= 11 is 0. The van der Waals surface area contributed by atoms with Crippen molar-refractivity contribution in [2.24, 2.45) is 29.1 Å². The molecule has 4 amide bonds. The van der Waals surface area contributed by atoms with Crippen LogP contribution in [-0.4, -0.2) is 130 Å². The summed E-state index contributed by atoms with van der Waals surface area (Å²) in [5.74, 6) is -2.22. The first-order chi connectivity index (χ1) is 32.9. The first-order valence-electron chi connectivity index (χ1n) is 25.0. The highest BCUT2D eigenvalue weighted by atomic mass is 16.5. The third-order valence-corrected chi connectivity index (χ3v) is 16.0. The zero-order chi connectivity index (χ0) is 49.3. The number of hydrogen-bond donors (Lipinski definition) is 1. The number of esters is 1. The molecule has 366 valence electrons. The Morgan fingerprint density at radius 3 is 2.55 bits per heavy atom. The van der Waals surface area contributed by atoms with Crippen LogP contribution in [0.25, 0.3) is 33.3 Å². The Bertz CT molecular complexity index is 2710. The molecule has 0 aliphatic carbocycles. The molecule has 4 fully saturated rings. The van der Waals surface area contributed by atoms with Crippen LogP contribution in [0, 0.1) is 29.1 Å². The molecule has 2 aromatic carbocycles. The highest BCUT2D eigenvalue weighted by molar-refractivity contribution is 5.96. The largest absolute Gasteiger partial charge is 0.464 e. The van der Waals surface area contributed by atoms with Gasteiger partial charge in [-0.1, -0.05) is 71.5 Å². The minimum absolute atomic E-state index is 0.0408. The Kier molecular flexibility index (Phi) is 13.0. The Morgan fingerprint density at radius 2 is 1.84 bits per heavy atom. The molecule has 7 heterocycles. The van der Waals surface area contributed by atoms with Gasteiger partial charge in [-0.3, -0.25) is 29.2 Å². The van der Waals surface area contributed by atoms with E-state index in [-0.39, 0.29) is 71.3 Å². The van der Waals surface area contributed by atoms with Gasteiger partial charge in [-0.15, -0.1) is 0 Å². The van der Waals surface area contributed by atoms with Gasteiger partial charge in [-0.05, 0) is 104 Å². The highest BCUT2D eigenvalue weighted by Gasteiger charge is 2.90. The van der Waals surface area contributed by atoms with Gasteiger partial charge in [-0.25, -0.2) is 14.7 Å². The number of pyridine rings is 1. The number of methoxy groups -OCH3 is 1. The average molecular weight is 941 g/mol. The Labute approximate surface area is 406 Å². The number of likely N-dealkylation sites (tertiary alicyclic amines) is 1. The molecule has 2 aromatic heterocycles. The van der Waals surface area contributed by atoms with E-state index in [1.54, 1.807) is 29.0 Å².